The smallest absolute Gasteiger partial charge is 0.159 e. The summed E-state index contributed by atoms with van der Waals surface area (Å²) in [5.74, 6) is 0. The number of rotatable bonds is 2. The van der Waals surface area contributed by atoms with Crippen molar-refractivity contribution in [2.75, 3.05) is 3.11 Å². The van der Waals surface area contributed by atoms with Crippen molar-refractivity contribution in [2.24, 2.45) is 0 Å². The highest BCUT2D eigenvalue weighted by Crippen LogP contribution is 2.40. The average molecular weight is 424 g/mol. The van der Waals surface area contributed by atoms with Gasteiger partial charge in [-0.1, -0.05) is 30.3 Å². The van der Waals surface area contributed by atoms with Gasteiger partial charge in [-0.3, -0.25) is 3.11 Å². The van der Waals surface area contributed by atoms with Crippen LogP contribution in [-0.2, 0) is 0 Å². The first kappa shape index (κ1) is 15.0. The van der Waals surface area contributed by atoms with Crippen molar-refractivity contribution in [1.29, 1.82) is 5.26 Å². The van der Waals surface area contributed by atoms with Gasteiger partial charge in [0.25, 0.3) is 0 Å². The van der Waals surface area contributed by atoms with Gasteiger partial charge in [0.15, 0.2) is 5.58 Å². The summed E-state index contributed by atoms with van der Waals surface area (Å²) in [6.07, 6.45) is 0. The molecule has 4 aromatic rings. The molecule has 3 nitrogen and oxygen atoms in total. The molecular formula is C20H13IN2O. The molecule has 0 unspecified atom stereocenters. The van der Waals surface area contributed by atoms with Gasteiger partial charge in [-0.2, -0.15) is 5.26 Å². The van der Waals surface area contributed by atoms with Crippen molar-refractivity contribution in [1.82, 2.24) is 0 Å². The van der Waals surface area contributed by atoms with Crippen LogP contribution in [0.1, 0.15) is 11.1 Å². The highest BCUT2D eigenvalue weighted by atomic mass is 127. The lowest BCUT2D eigenvalue weighted by Crippen LogP contribution is -2.00. The normalized spacial score (nSPS) is 10.9. The van der Waals surface area contributed by atoms with Crippen LogP contribution < -0.4 is 3.11 Å². The molecule has 0 bridgehead atoms. The van der Waals surface area contributed by atoms with E-state index >= 15 is 0 Å². The molecule has 116 valence electrons. The van der Waals surface area contributed by atoms with Crippen molar-refractivity contribution in [2.45, 2.75) is 6.92 Å². The molecule has 0 spiro atoms. The van der Waals surface area contributed by atoms with Crippen LogP contribution in [0.15, 0.2) is 65.1 Å². The zero-order valence-corrected chi connectivity index (χ0v) is 15.1. The van der Waals surface area contributed by atoms with Crippen molar-refractivity contribution in [3.8, 4) is 6.07 Å². The number of halogens is 1. The summed E-state index contributed by atoms with van der Waals surface area (Å²) in [6, 6.07) is 22.1. The Kier molecular flexibility index (Phi) is 3.66. The zero-order chi connectivity index (χ0) is 16.7. The number of fused-ring (bicyclic) bond motifs is 3. The van der Waals surface area contributed by atoms with Crippen LogP contribution in [0.3, 0.4) is 0 Å². The minimum Gasteiger partial charge on any atom is -0.454 e. The molecule has 0 saturated heterocycles. The standard InChI is InChI=1S/C20H13IN2O/c1-13-4-2-5-16-17-6-3-7-18(20(17)24-19(13)16)23(21)15-10-8-14(12-22)9-11-15/h2-11H,1H3. The lowest BCUT2D eigenvalue weighted by molar-refractivity contribution is 0.666. The van der Waals surface area contributed by atoms with Crippen molar-refractivity contribution < 1.29 is 4.42 Å². The van der Waals surface area contributed by atoms with Crippen LogP contribution in [0.5, 0.6) is 0 Å². The Morgan fingerprint density at radius 2 is 1.58 bits per heavy atom. The molecule has 0 saturated carbocycles. The van der Waals surface area contributed by atoms with Crippen LogP contribution in [0.4, 0.5) is 11.4 Å². The van der Waals surface area contributed by atoms with Crippen LogP contribution >= 0.6 is 22.9 Å². The van der Waals surface area contributed by atoms with Crippen molar-refractivity contribution in [3.05, 3.63) is 71.8 Å². The number of benzene rings is 3. The van der Waals surface area contributed by atoms with Crippen molar-refractivity contribution >= 4 is 56.2 Å². The zero-order valence-electron chi connectivity index (χ0n) is 13.0. The minimum absolute atomic E-state index is 0.654. The third-order valence-corrected chi connectivity index (χ3v) is 5.21. The van der Waals surface area contributed by atoms with Gasteiger partial charge in [-0.15, -0.1) is 0 Å². The summed E-state index contributed by atoms with van der Waals surface area (Å²) < 4.78 is 8.26. The fourth-order valence-electron chi connectivity index (χ4n) is 2.91. The Balaban J connectivity index is 1.91. The minimum atomic E-state index is 0.654. The molecule has 0 aliphatic rings. The maximum Gasteiger partial charge on any atom is 0.159 e. The van der Waals surface area contributed by atoms with E-state index in [1.807, 2.05) is 36.4 Å². The highest BCUT2D eigenvalue weighted by Gasteiger charge is 2.16. The van der Waals surface area contributed by atoms with Gasteiger partial charge in [-0.05, 0) is 42.8 Å². The van der Waals surface area contributed by atoms with Gasteiger partial charge >= 0.3 is 0 Å². The first-order valence-corrected chi connectivity index (χ1v) is 8.52. The Labute approximate surface area is 153 Å². The molecule has 0 aliphatic heterocycles. The molecule has 1 aromatic heterocycles. The summed E-state index contributed by atoms with van der Waals surface area (Å²) in [4.78, 5) is 0. The topological polar surface area (TPSA) is 40.2 Å². The molecule has 24 heavy (non-hydrogen) atoms. The van der Waals surface area contributed by atoms with Crippen molar-refractivity contribution in [3.63, 3.8) is 0 Å². The number of nitriles is 1. The van der Waals surface area contributed by atoms with E-state index in [-0.39, 0.29) is 0 Å². The fourth-order valence-corrected chi connectivity index (χ4v) is 3.61. The monoisotopic (exact) mass is 424 g/mol. The second-order valence-corrected chi connectivity index (χ2v) is 6.61. The number of nitrogens with zero attached hydrogens (tertiary/aromatic N) is 2. The van der Waals surface area contributed by atoms with E-state index in [0.29, 0.717) is 5.56 Å². The van der Waals surface area contributed by atoms with E-state index in [9.17, 15) is 0 Å². The van der Waals surface area contributed by atoms with Crippen LogP contribution in [0, 0.1) is 18.3 Å². The Morgan fingerprint density at radius 3 is 2.29 bits per heavy atom. The number of para-hydroxylation sites is 2. The van der Waals surface area contributed by atoms with E-state index in [0.717, 1.165) is 38.9 Å². The maximum absolute atomic E-state index is 8.95. The molecule has 4 rings (SSSR count). The third kappa shape index (κ3) is 2.33. The predicted molar refractivity (Wildman–Crippen MR) is 106 cm³/mol. The van der Waals surface area contributed by atoms with Gasteiger partial charge in [0.1, 0.15) is 5.58 Å². The van der Waals surface area contributed by atoms with Gasteiger partial charge < -0.3 is 4.42 Å². The molecule has 0 amide bonds. The molecule has 4 heteroatoms. The summed E-state index contributed by atoms with van der Waals surface area (Å²) in [5, 5.41) is 11.2. The van der Waals surface area contributed by atoms with Gasteiger partial charge in [0, 0.05) is 10.8 Å². The largest absolute Gasteiger partial charge is 0.454 e. The number of furan rings is 1. The van der Waals surface area contributed by atoms with Gasteiger partial charge in [-0.25, -0.2) is 0 Å². The third-order valence-electron chi connectivity index (χ3n) is 4.14. The average Bonchev–Trinajstić information content (AvgIpc) is 3.01. The first-order chi connectivity index (χ1) is 11.7. The summed E-state index contributed by atoms with van der Waals surface area (Å²) >= 11 is 2.27. The van der Waals surface area contributed by atoms with Crippen LogP contribution in [-0.4, -0.2) is 0 Å². The van der Waals surface area contributed by atoms with E-state index < -0.39 is 0 Å². The van der Waals surface area contributed by atoms with Gasteiger partial charge in [0.2, 0.25) is 0 Å². The quantitative estimate of drug-likeness (QED) is 0.282. The van der Waals surface area contributed by atoms with E-state index in [1.54, 1.807) is 0 Å². The van der Waals surface area contributed by atoms with E-state index in [4.69, 9.17) is 9.68 Å². The molecule has 0 N–H and O–H groups in total. The van der Waals surface area contributed by atoms with Crippen LogP contribution in [0.25, 0.3) is 21.9 Å². The molecule has 3 aromatic carbocycles. The summed E-state index contributed by atoms with van der Waals surface area (Å²) in [7, 11) is 0. The molecular weight excluding hydrogens is 411 g/mol. The fraction of sp³-hybridized carbons (Fsp3) is 0.0500. The van der Waals surface area contributed by atoms with Gasteiger partial charge in [0.05, 0.1) is 45.9 Å². The summed E-state index contributed by atoms with van der Waals surface area (Å²) in [5.41, 5.74) is 5.59. The Hall–Kier alpha value is -2.52. The number of hydrogen-bond donors (Lipinski definition) is 0. The second kappa shape index (κ2) is 5.84. The Morgan fingerprint density at radius 1 is 0.917 bits per heavy atom. The molecule has 0 radical (unpaired) electrons. The number of anilines is 2. The predicted octanol–water partition coefficient (Wildman–Crippen LogP) is 6.25. The second-order valence-electron chi connectivity index (χ2n) is 5.65. The van der Waals surface area contributed by atoms with E-state index in [2.05, 4.69) is 63.2 Å². The number of hydrogen-bond acceptors (Lipinski definition) is 3. The summed E-state index contributed by atoms with van der Waals surface area (Å²) in [6.45, 7) is 2.06. The Bertz CT molecular complexity index is 1090. The van der Waals surface area contributed by atoms with E-state index in [1.165, 1.54) is 0 Å². The molecule has 0 aliphatic carbocycles. The highest BCUT2D eigenvalue weighted by molar-refractivity contribution is 14.1. The maximum atomic E-state index is 8.95. The molecule has 0 fully saturated rings. The molecule has 1 heterocycles. The van der Waals surface area contributed by atoms with Crippen LogP contribution in [0.2, 0.25) is 0 Å². The number of aryl methyl sites for hydroxylation is 1. The lowest BCUT2D eigenvalue weighted by atomic mass is 10.1. The SMILES string of the molecule is Cc1cccc2c1oc1c(N(I)c3ccc(C#N)cc3)cccc12. The lowest BCUT2D eigenvalue weighted by Gasteiger charge is -2.16. The first-order valence-electron chi connectivity index (χ1n) is 7.56. The molecule has 0 atom stereocenters.